The van der Waals surface area contributed by atoms with Crippen LogP contribution in [0.5, 0.6) is 0 Å². The molecule has 2 heterocycles. The van der Waals surface area contributed by atoms with Gasteiger partial charge in [-0.2, -0.15) is 0 Å². The Balaban J connectivity index is 1.86. The summed E-state index contributed by atoms with van der Waals surface area (Å²) in [7, 11) is 2.17. The second-order valence-corrected chi connectivity index (χ2v) is 7.12. The molecule has 1 N–H and O–H groups in total. The van der Waals surface area contributed by atoms with Crippen LogP contribution < -0.4 is 5.32 Å². The van der Waals surface area contributed by atoms with Gasteiger partial charge in [-0.25, -0.2) is 0 Å². The highest BCUT2D eigenvalue weighted by atomic mass is 16.6. The Morgan fingerprint density at radius 2 is 1.80 bits per heavy atom. The summed E-state index contributed by atoms with van der Waals surface area (Å²) < 4.78 is 5.52. The summed E-state index contributed by atoms with van der Waals surface area (Å²) in [5, 5.41) is 3.40. The maximum absolute atomic E-state index is 12.2. The number of likely N-dealkylation sites (N-methyl/N-ethyl adjacent to an activating group) is 1. The van der Waals surface area contributed by atoms with Gasteiger partial charge in [0.25, 0.3) is 0 Å². The van der Waals surface area contributed by atoms with Crippen molar-refractivity contribution in [2.24, 2.45) is 5.92 Å². The molecule has 2 aliphatic rings. The number of piperidine rings is 1. The number of hydrogen-bond donors (Lipinski definition) is 1. The third-order valence-corrected chi connectivity index (χ3v) is 4.12. The number of esters is 1. The quantitative estimate of drug-likeness (QED) is 0.750. The van der Waals surface area contributed by atoms with Crippen LogP contribution in [-0.2, 0) is 9.53 Å². The number of nitrogens with one attached hydrogen (secondary N) is 1. The van der Waals surface area contributed by atoms with Crippen molar-refractivity contribution < 1.29 is 9.53 Å². The predicted octanol–water partition coefficient (Wildman–Crippen LogP) is 0.554. The third-order valence-electron chi connectivity index (χ3n) is 4.12. The molecule has 0 bridgehead atoms. The number of piperazine rings is 1. The molecule has 0 aromatic carbocycles. The molecule has 0 amide bonds. The van der Waals surface area contributed by atoms with Gasteiger partial charge < -0.3 is 15.0 Å². The normalized spacial score (nSPS) is 30.2. The molecule has 0 aliphatic carbocycles. The molecule has 0 aromatic heterocycles. The molecule has 2 rings (SSSR count). The molecular formula is C15H29N3O2. The Bertz CT molecular complexity index is 333. The molecule has 5 nitrogen and oxygen atoms in total. The highest BCUT2D eigenvalue weighted by Crippen LogP contribution is 2.21. The van der Waals surface area contributed by atoms with Crippen molar-refractivity contribution in [2.45, 2.75) is 38.8 Å². The molecule has 2 aliphatic heterocycles. The lowest BCUT2D eigenvalue weighted by molar-refractivity contribution is -0.161. The van der Waals surface area contributed by atoms with E-state index in [1.54, 1.807) is 0 Å². The monoisotopic (exact) mass is 283 g/mol. The Morgan fingerprint density at radius 3 is 2.40 bits per heavy atom. The molecule has 2 fully saturated rings. The van der Waals surface area contributed by atoms with Crippen LogP contribution in [-0.4, -0.2) is 73.7 Å². The lowest BCUT2D eigenvalue weighted by Crippen LogP contribution is -2.56. The average molecular weight is 283 g/mol. The molecule has 2 atom stereocenters. The van der Waals surface area contributed by atoms with Crippen LogP contribution >= 0.6 is 0 Å². The minimum Gasteiger partial charge on any atom is -0.460 e. The summed E-state index contributed by atoms with van der Waals surface area (Å²) in [5.74, 6) is -0.0588. The topological polar surface area (TPSA) is 44.8 Å². The van der Waals surface area contributed by atoms with Gasteiger partial charge in [-0.15, -0.1) is 0 Å². The van der Waals surface area contributed by atoms with Gasteiger partial charge in [-0.1, -0.05) is 0 Å². The molecule has 5 heteroatoms. The highest BCUT2D eigenvalue weighted by Gasteiger charge is 2.33. The van der Waals surface area contributed by atoms with Gasteiger partial charge in [0.1, 0.15) is 5.60 Å². The number of carbonyl (C=O) groups excluding carboxylic acids is 1. The van der Waals surface area contributed by atoms with Crippen molar-refractivity contribution in [2.75, 3.05) is 46.3 Å². The molecule has 116 valence electrons. The number of carbonyl (C=O) groups is 1. The zero-order valence-corrected chi connectivity index (χ0v) is 13.3. The van der Waals surface area contributed by atoms with E-state index in [4.69, 9.17) is 4.74 Å². The Hall–Kier alpha value is -0.650. The van der Waals surface area contributed by atoms with Crippen LogP contribution in [0.1, 0.15) is 27.2 Å². The second kappa shape index (κ2) is 6.41. The standard InChI is InChI=1S/C15H29N3O2/c1-15(2,3)20-14(19)12-9-13(11-16-10-12)18-7-5-17(4)6-8-18/h12-13,16H,5-11H2,1-4H3/t12-,13-/m1/s1. The predicted molar refractivity (Wildman–Crippen MR) is 79.7 cm³/mol. The SMILES string of the molecule is CN1CCN([C@H]2CNC[C@H](C(=O)OC(C)(C)C)C2)CC1. The van der Waals surface area contributed by atoms with Crippen LogP contribution in [0.2, 0.25) is 0 Å². The van der Waals surface area contributed by atoms with Gasteiger partial charge in [-0.3, -0.25) is 9.69 Å². The van der Waals surface area contributed by atoms with Gasteiger partial charge in [0.05, 0.1) is 5.92 Å². The van der Waals surface area contributed by atoms with E-state index in [1.165, 1.54) is 0 Å². The van der Waals surface area contributed by atoms with Crippen molar-refractivity contribution in [3.8, 4) is 0 Å². The minimum atomic E-state index is -0.391. The maximum atomic E-state index is 12.2. The number of ether oxygens (including phenoxy) is 1. The maximum Gasteiger partial charge on any atom is 0.310 e. The summed E-state index contributed by atoms with van der Waals surface area (Å²) in [6.07, 6.45) is 0.922. The van der Waals surface area contributed by atoms with E-state index < -0.39 is 5.60 Å². The van der Waals surface area contributed by atoms with Crippen LogP contribution in [0.25, 0.3) is 0 Å². The largest absolute Gasteiger partial charge is 0.460 e. The smallest absolute Gasteiger partial charge is 0.310 e. The van der Waals surface area contributed by atoms with Crippen molar-refractivity contribution in [1.29, 1.82) is 0 Å². The summed E-state index contributed by atoms with van der Waals surface area (Å²) in [5.41, 5.74) is -0.391. The molecule has 0 aromatic rings. The first kappa shape index (κ1) is 15.7. The zero-order valence-electron chi connectivity index (χ0n) is 13.3. The van der Waals surface area contributed by atoms with Gasteiger partial charge >= 0.3 is 5.97 Å². The molecule has 20 heavy (non-hydrogen) atoms. The molecule has 0 spiro atoms. The Labute approximate surface area is 122 Å². The number of rotatable bonds is 2. The van der Waals surface area contributed by atoms with E-state index in [9.17, 15) is 4.79 Å². The Morgan fingerprint density at radius 1 is 1.15 bits per heavy atom. The van der Waals surface area contributed by atoms with Gasteiger partial charge in [0.2, 0.25) is 0 Å². The van der Waals surface area contributed by atoms with E-state index >= 15 is 0 Å². The lowest BCUT2D eigenvalue weighted by Gasteiger charge is -2.41. The van der Waals surface area contributed by atoms with E-state index in [1.807, 2.05) is 20.8 Å². The fraction of sp³-hybridized carbons (Fsp3) is 0.933. The highest BCUT2D eigenvalue weighted by molar-refractivity contribution is 5.73. The third kappa shape index (κ3) is 4.43. The van der Waals surface area contributed by atoms with Crippen LogP contribution in [0.4, 0.5) is 0 Å². The second-order valence-electron chi connectivity index (χ2n) is 7.12. The fourth-order valence-electron chi connectivity index (χ4n) is 2.95. The average Bonchev–Trinajstić information content (AvgIpc) is 2.38. The first-order valence-corrected chi connectivity index (χ1v) is 7.71. The summed E-state index contributed by atoms with van der Waals surface area (Å²) in [6.45, 7) is 12.0. The molecule has 2 saturated heterocycles. The van der Waals surface area contributed by atoms with E-state index in [2.05, 4.69) is 22.2 Å². The van der Waals surface area contributed by atoms with Crippen molar-refractivity contribution in [1.82, 2.24) is 15.1 Å². The minimum absolute atomic E-state index is 0.00682. The molecule has 0 saturated carbocycles. The molecular weight excluding hydrogens is 254 g/mol. The van der Waals surface area contributed by atoms with Crippen LogP contribution in [0, 0.1) is 5.92 Å². The van der Waals surface area contributed by atoms with E-state index in [-0.39, 0.29) is 11.9 Å². The van der Waals surface area contributed by atoms with E-state index in [0.29, 0.717) is 6.04 Å². The summed E-state index contributed by atoms with van der Waals surface area (Å²) in [6, 6.07) is 0.468. The summed E-state index contributed by atoms with van der Waals surface area (Å²) >= 11 is 0. The molecule has 0 unspecified atom stereocenters. The van der Waals surface area contributed by atoms with E-state index in [0.717, 1.165) is 45.7 Å². The zero-order chi connectivity index (χ0) is 14.8. The summed E-state index contributed by atoms with van der Waals surface area (Å²) in [4.78, 5) is 17.1. The molecule has 0 radical (unpaired) electrons. The van der Waals surface area contributed by atoms with Crippen LogP contribution in [0.3, 0.4) is 0 Å². The van der Waals surface area contributed by atoms with Crippen LogP contribution in [0.15, 0.2) is 0 Å². The fourth-order valence-corrected chi connectivity index (χ4v) is 2.95. The van der Waals surface area contributed by atoms with Crippen molar-refractivity contribution >= 4 is 5.97 Å². The number of hydrogen-bond acceptors (Lipinski definition) is 5. The first-order valence-electron chi connectivity index (χ1n) is 7.71. The Kier molecular flexibility index (Phi) is 5.04. The van der Waals surface area contributed by atoms with Crippen molar-refractivity contribution in [3.63, 3.8) is 0 Å². The van der Waals surface area contributed by atoms with Gasteiger partial charge in [-0.05, 0) is 34.2 Å². The van der Waals surface area contributed by atoms with Crippen molar-refractivity contribution in [3.05, 3.63) is 0 Å². The van der Waals surface area contributed by atoms with Gasteiger partial charge in [0.15, 0.2) is 0 Å². The lowest BCUT2D eigenvalue weighted by atomic mass is 9.94. The van der Waals surface area contributed by atoms with Gasteiger partial charge in [0, 0.05) is 45.3 Å². The number of nitrogens with zero attached hydrogens (tertiary/aromatic N) is 2. The first-order chi connectivity index (χ1) is 9.35.